The Morgan fingerprint density at radius 1 is 1.30 bits per heavy atom. The van der Waals surface area contributed by atoms with E-state index in [1.807, 2.05) is 22.3 Å². The second kappa shape index (κ2) is 5.95. The summed E-state index contributed by atoms with van der Waals surface area (Å²) in [4.78, 5) is 4.49. The summed E-state index contributed by atoms with van der Waals surface area (Å²) in [6, 6.07) is 8.26. The number of nitrogens with zero attached hydrogens (tertiary/aromatic N) is 3. The normalized spacial score (nSPS) is 10.9. The number of thiazole rings is 1. The molecule has 0 N–H and O–H groups in total. The molecule has 0 aliphatic rings. The molecule has 0 spiro atoms. The average Bonchev–Trinajstić information content (AvgIpc) is 3.08. The third kappa shape index (κ3) is 3.03. The van der Waals surface area contributed by atoms with Crippen molar-refractivity contribution in [2.75, 3.05) is 0 Å². The Hall–Kier alpha value is -1.36. The summed E-state index contributed by atoms with van der Waals surface area (Å²) in [7, 11) is 0. The fourth-order valence-electron chi connectivity index (χ4n) is 1.92. The SMILES string of the molecule is ClCc1csc(-c2cccc(Cn3cc(Cl)cn3)c2)n1. The third-order valence-corrected chi connectivity index (χ3v) is 4.22. The van der Waals surface area contributed by atoms with Gasteiger partial charge < -0.3 is 0 Å². The minimum Gasteiger partial charge on any atom is -0.267 e. The predicted octanol–water partition coefficient (Wildman–Crippen LogP) is 4.45. The number of halogens is 2. The molecular formula is C14H11Cl2N3S. The van der Waals surface area contributed by atoms with Crippen molar-refractivity contribution in [1.29, 1.82) is 0 Å². The van der Waals surface area contributed by atoms with Gasteiger partial charge in [0.15, 0.2) is 0 Å². The van der Waals surface area contributed by atoms with Gasteiger partial charge in [0.1, 0.15) is 5.01 Å². The molecule has 3 aromatic rings. The molecule has 0 aliphatic heterocycles. The van der Waals surface area contributed by atoms with Gasteiger partial charge in [-0.25, -0.2) is 4.98 Å². The van der Waals surface area contributed by atoms with Gasteiger partial charge in [0.2, 0.25) is 0 Å². The highest BCUT2D eigenvalue weighted by atomic mass is 35.5. The lowest BCUT2D eigenvalue weighted by atomic mass is 10.1. The molecular weight excluding hydrogens is 313 g/mol. The molecule has 0 saturated heterocycles. The Morgan fingerprint density at radius 3 is 2.90 bits per heavy atom. The molecule has 3 rings (SSSR count). The Balaban J connectivity index is 1.85. The molecule has 2 aromatic heterocycles. The first-order chi connectivity index (χ1) is 9.74. The standard InChI is InChI=1S/C14H11Cl2N3S/c15-5-13-9-20-14(18-13)11-3-1-2-10(4-11)7-19-8-12(16)6-17-19/h1-4,6,8-9H,5,7H2. The minimum absolute atomic E-state index is 0.446. The molecule has 0 bridgehead atoms. The largest absolute Gasteiger partial charge is 0.267 e. The summed E-state index contributed by atoms with van der Waals surface area (Å²) in [6.07, 6.45) is 3.45. The van der Waals surface area contributed by atoms with Gasteiger partial charge in [-0.3, -0.25) is 4.68 Å². The lowest BCUT2D eigenvalue weighted by Crippen LogP contribution is -1.99. The molecule has 0 fully saturated rings. The second-order valence-corrected chi connectivity index (χ2v) is 5.90. The molecule has 0 aliphatic carbocycles. The van der Waals surface area contributed by atoms with Crippen LogP contribution in [0, 0.1) is 0 Å². The van der Waals surface area contributed by atoms with E-state index in [-0.39, 0.29) is 0 Å². The predicted molar refractivity (Wildman–Crippen MR) is 83.4 cm³/mol. The van der Waals surface area contributed by atoms with Crippen molar-refractivity contribution in [3.8, 4) is 10.6 Å². The van der Waals surface area contributed by atoms with Crippen molar-refractivity contribution in [1.82, 2.24) is 14.8 Å². The Labute approximate surface area is 130 Å². The Morgan fingerprint density at radius 2 is 2.20 bits per heavy atom. The van der Waals surface area contributed by atoms with E-state index in [9.17, 15) is 0 Å². The van der Waals surface area contributed by atoms with Crippen LogP contribution >= 0.6 is 34.5 Å². The number of hydrogen-bond donors (Lipinski definition) is 0. The van der Waals surface area contributed by atoms with Crippen LogP contribution in [0.3, 0.4) is 0 Å². The molecule has 0 saturated carbocycles. The van der Waals surface area contributed by atoms with Gasteiger partial charge in [-0.15, -0.1) is 22.9 Å². The number of benzene rings is 1. The van der Waals surface area contributed by atoms with Crippen LogP contribution in [0.5, 0.6) is 0 Å². The van der Waals surface area contributed by atoms with Crippen LogP contribution < -0.4 is 0 Å². The van der Waals surface area contributed by atoms with E-state index >= 15 is 0 Å². The number of hydrogen-bond acceptors (Lipinski definition) is 3. The van der Waals surface area contributed by atoms with Crippen LogP contribution in [0.25, 0.3) is 10.6 Å². The first-order valence-electron chi connectivity index (χ1n) is 6.02. The van der Waals surface area contributed by atoms with E-state index in [0.717, 1.165) is 21.8 Å². The topological polar surface area (TPSA) is 30.7 Å². The molecule has 0 radical (unpaired) electrons. The average molecular weight is 324 g/mol. The van der Waals surface area contributed by atoms with Gasteiger partial charge in [-0.2, -0.15) is 5.10 Å². The van der Waals surface area contributed by atoms with Crippen LogP contribution in [0.4, 0.5) is 0 Å². The van der Waals surface area contributed by atoms with E-state index in [2.05, 4.69) is 28.3 Å². The van der Waals surface area contributed by atoms with Crippen molar-refractivity contribution >= 4 is 34.5 Å². The fourth-order valence-corrected chi connectivity index (χ4v) is 3.12. The smallest absolute Gasteiger partial charge is 0.123 e. The molecule has 102 valence electrons. The van der Waals surface area contributed by atoms with Gasteiger partial charge in [0.05, 0.1) is 29.3 Å². The van der Waals surface area contributed by atoms with Gasteiger partial charge in [-0.1, -0.05) is 29.8 Å². The number of aromatic nitrogens is 3. The third-order valence-electron chi connectivity index (χ3n) is 2.81. The summed E-state index contributed by atoms with van der Waals surface area (Å²) in [5, 5.41) is 7.81. The van der Waals surface area contributed by atoms with Crippen molar-refractivity contribution in [3.05, 3.63) is 58.3 Å². The number of alkyl halides is 1. The van der Waals surface area contributed by atoms with E-state index in [1.165, 1.54) is 0 Å². The lowest BCUT2D eigenvalue weighted by Gasteiger charge is -2.04. The van der Waals surface area contributed by atoms with Crippen LogP contribution in [0.2, 0.25) is 5.02 Å². The van der Waals surface area contributed by atoms with E-state index in [1.54, 1.807) is 17.5 Å². The maximum absolute atomic E-state index is 5.87. The van der Waals surface area contributed by atoms with Gasteiger partial charge >= 0.3 is 0 Å². The minimum atomic E-state index is 0.446. The second-order valence-electron chi connectivity index (χ2n) is 4.33. The molecule has 20 heavy (non-hydrogen) atoms. The monoisotopic (exact) mass is 323 g/mol. The quantitative estimate of drug-likeness (QED) is 0.664. The summed E-state index contributed by atoms with van der Waals surface area (Å²) in [5.41, 5.74) is 3.17. The van der Waals surface area contributed by atoms with Gasteiger partial charge in [0, 0.05) is 17.1 Å². The van der Waals surface area contributed by atoms with Gasteiger partial charge in [0.25, 0.3) is 0 Å². The highest BCUT2D eigenvalue weighted by molar-refractivity contribution is 7.13. The summed E-state index contributed by atoms with van der Waals surface area (Å²) in [6.45, 7) is 0.689. The summed E-state index contributed by atoms with van der Waals surface area (Å²) < 4.78 is 1.81. The molecule has 1 aromatic carbocycles. The van der Waals surface area contributed by atoms with Crippen molar-refractivity contribution < 1.29 is 0 Å². The van der Waals surface area contributed by atoms with E-state index < -0.39 is 0 Å². The first kappa shape index (κ1) is 13.6. The van der Waals surface area contributed by atoms with Gasteiger partial charge in [-0.05, 0) is 11.6 Å². The number of rotatable bonds is 4. The Kier molecular flexibility index (Phi) is 4.05. The zero-order valence-corrected chi connectivity index (χ0v) is 12.8. The maximum atomic E-state index is 5.87. The lowest BCUT2D eigenvalue weighted by molar-refractivity contribution is 0.687. The van der Waals surface area contributed by atoms with Crippen LogP contribution in [0.15, 0.2) is 42.0 Å². The van der Waals surface area contributed by atoms with Crippen molar-refractivity contribution in [2.24, 2.45) is 0 Å². The molecule has 0 unspecified atom stereocenters. The van der Waals surface area contributed by atoms with Crippen LogP contribution in [0.1, 0.15) is 11.3 Å². The summed E-state index contributed by atoms with van der Waals surface area (Å²) in [5.74, 6) is 0.446. The summed E-state index contributed by atoms with van der Waals surface area (Å²) >= 11 is 13.3. The van der Waals surface area contributed by atoms with Crippen LogP contribution in [-0.4, -0.2) is 14.8 Å². The van der Waals surface area contributed by atoms with Crippen LogP contribution in [-0.2, 0) is 12.4 Å². The van der Waals surface area contributed by atoms with E-state index in [4.69, 9.17) is 23.2 Å². The molecule has 2 heterocycles. The molecule has 0 atom stereocenters. The van der Waals surface area contributed by atoms with Crippen molar-refractivity contribution in [2.45, 2.75) is 12.4 Å². The van der Waals surface area contributed by atoms with Crippen molar-refractivity contribution in [3.63, 3.8) is 0 Å². The first-order valence-corrected chi connectivity index (χ1v) is 7.81. The zero-order valence-electron chi connectivity index (χ0n) is 10.5. The molecule has 0 amide bonds. The molecule has 3 nitrogen and oxygen atoms in total. The molecule has 6 heteroatoms. The highest BCUT2D eigenvalue weighted by Crippen LogP contribution is 2.25. The fraction of sp³-hybridized carbons (Fsp3) is 0.143. The highest BCUT2D eigenvalue weighted by Gasteiger charge is 2.05. The van der Waals surface area contributed by atoms with E-state index in [0.29, 0.717) is 17.4 Å². The zero-order chi connectivity index (χ0) is 13.9. The Bertz CT molecular complexity index is 721. The maximum Gasteiger partial charge on any atom is 0.123 e.